The predicted molar refractivity (Wildman–Crippen MR) is 113 cm³/mol. The molecule has 2 heterocycles. The van der Waals surface area contributed by atoms with E-state index < -0.39 is 5.82 Å². The first-order valence-electron chi connectivity index (χ1n) is 9.71. The second-order valence-corrected chi connectivity index (χ2v) is 7.82. The number of hydrogen-bond acceptors (Lipinski definition) is 3. The number of aryl methyl sites for hydroxylation is 2. The summed E-state index contributed by atoms with van der Waals surface area (Å²) in [6, 6.07) is 12.7. The molecule has 2 aromatic heterocycles. The van der Waals surface area contributed by atoms with Crippen molar-refractivity contribution in [1.29, 1.82) is 0 Å². The maximum atomic E-state index is 14.4. The molecule has 0 spiro atoms. The molecule has 2 aromatic carbocycles. The van der Waals surface area contributed by atoms with E-state index in [0.29, 0.717) is 22.5 Å². The molecule has 150 valence electrons. The van der Waals surface area contributed by atoms with Crippen LogP contribution in [-0.2, 0) is 6.42 Å². The normalized spacial score (nSPS) is 15.4. The second kappa shape index (κ2) is 7.22. The Bertz CT molecular complexity index is 1280. The summed E-state index contributed by atoms with van der Waals surface area (Å²) in [5.41, 5.74) is 4.67. The van der Waals surface area contributed by atoms with Gasteiger partial charge in [-0.15, -0.1) is 0 Å². The molecule has 1 atom stereocenters. The summed E-state index contributed by atoms with van der Waals surface area (Å²) < 4.78 is 15.9. The number of nitrogens with zero attached hydrogens (tertiary/aromatic N) is 3. The fourth-order valence-electron chi connectivity index (χ4n) is 4.14. The zero-order valence-electron chi connectivity index (χ0n) is 16.2. The highest BCUT2D eigenvalue weighted by Gasteiger charge is 2.25. The Balaban J connectivity index is 1.50. The minimum absolute atomic E-state index is 0.0193. The molecule has 1 amide bonds. The lowest BCUT2D eigenvalue weighted by atomic mass is 10.1. The van der Waals surface area contributed by atoms with Gasteiger partial charge in [-0.3, -0.25) is 4.79 Å². The molecule has 7 heteroatoms. The molecule has 0 saturated heterocycles. The van der Waals surface area contributed by atoms with Gasteiger partial charge >= 0.3 is 0 Å². The van der Waals surface area contributed by atoms with Crippen LogP contribution in [-0.4, -0.2) is 20.5 Å². The number of carbonyl (C=O) groups is 1. The summed E-state index contributed by atoms with van der Waals surface area (Å²) in [5.74, 6) is -0.650. The molecule has 4 aromatic rings. The van der Waals surface area contributed by atoms with Crippen molar-refractivity contribution < 1.29 is 9.18 Å². The highest BCUT2D eigenvalue weighted by molar-refractivity contribution is 6.33. The number of rotatable bonds is 3. The van der Waals surface area contributed by atoms with Crippen molar-refractivity contribution in [2.75, 3.05) is 0 Å². The molecule has 0 saturated carbocycles. The van der Waals surface area contributed by atoms with E-state index in [1.54, 1.807) is 23.6 Å². The van der Waals surface area contributed by atoms with Crippen molar-refractivity contribution in [2.24, 2.45) is 0 Å². The molecule has 0 aliphatic heterocycles. The molecule has 5 nitrogen and oxygen atoms in total. The Hall–Kier alpha value is -3.25. The lowest BCUT2D eigenvalue weighted by Gasteiger charge is -2.15. The number of amides is 1. The van der Waals surface area contributed by atoms with Crippen LogP contribution in [0.5, 0.6) is 0 Å². The first-order valence-corrected chi connectivity index (χ1v) is 10.1. The molecule has 0 bridgehead atoms. The third-order valence-electron chi connectivity index (χ3n) is 5.68. The topological polar surface area (TPSA) is 59.3 Å². The smallest absolute Gasteiger partial charge is 0.255 e. The van der Waals surface area contributed by atoms with Crippen LogP contribution in [0.15, 0.2) is 54.9 Å². The summed E-state index contributed by atoms with van der Waals surface area (Å²) in [6.45, 7) is 1.80. The molecule has 1 unspecified atom stereocenters. The summed E-state index contributed by atoms with van der Waals surface area (Å²) in [5, 5.41) is 7.73. The third kappa shape index (κ3) is 2.95. The Morgan fingerprint density at radius 3 is 2.87 bits per heavy atom. The van der Waals surface area contributed by atoms with Gasteiger partial charge in [-0.2, -0.15) is 5.10 Å². The number of hydrogen-bond donors (Lipinski definition) is 1. The molecular formula is C23H18ClFN4O. The first-order chi connectivity index (χ1) is 14.5. The minimum atomic E-state index is -0.446. The van der Waals surface area contributed by atoms with Crippen molar-refractivity contribution in [3.63, 3.8) is 0 Å². The minimum Gasteiger partial charge on any atom is -0.345 e. The van der Waals surface area contributed by atoms with Crippen molar-refractivity contribution in [1.82, 2.24) is 19.9 Å². The number of benzene rings is 2. The number of carbonyl (C=O) groups excluding carboxylic acids is 1. The van der Waals surface area contributed by atoms with Gasteiger partial charge in [-0.25, -0.2) is 13.9 Å². The maximum absolute atomic E-state index is 14.4. The first kappa shape index (κ1) is 18.8. The lowest BCUT2D eigenvalue weighted by Crippen LogP contribution is -2.28. The Morgan fingerprint density at radius 2 is 2.03 bits per heavy atom. The maximum Gasteiger partial charge on any atom is 0.255 e. The van der Waals surface area contributed by atoms with Gasteiger partial charge < -0.3 is 5.32 Å². The zero-order valence-corrected chi connectivity index (χ0v) is 16.9. The summed E-state index contributed by atoms with van der Waals surface area (Å²) in [6.07, 6.45) is 4.86. The highest BCUT2D eigenvalue weighted by Crippen LogP contribution is 2.34. The summed E-state index contributed by atoms with van der Waals surface area (Å²) >= 11 is 6.21. The van der Waals surface area contributed by atoms with Crippen LogP contribution in [0.25, 0.3) is 16.8 Å². The van der Waals surface area contributed by atoms with Crippen molar-refractivity contribution in [2.45, 2.75) is 25.8 Å². The van der Waals surface area contributed by atoms with E-state index in [1.165, 1.54) is 24.0 Å². The molecule has 1 N–H and O–H groups in total. The highest BCUT2D eigenvalue weighted by atomic mass is 35.5. The quantitative estimate of drug-likeness (QED) is 0.512. The molecular weight excluding hydrogens is 403 g/mol. The standard InChI is InChI=1S/C23H18ClFN4O/c1-13-16(23(30)28-20-10-9-14-5-2-3-6-15(14)20)11-26-22-17(12-27-29(13)22)21-18(24)7-4-8-19(21)25/h2-8,11-12,20H,9-10H2,1H3,(H,28,30). The van der Waals surface area contributed by atoms with Gasteiger partial charge in [0.2, 0.25) is 0 Å². The monoisotopic (exact) mass is 420 g/mol. The second-order valence-electron chi connectivity index (χ2n) is 7.41. The van der Waals surface area contributed by atoms with Gasteiger partial charge in [0, 0.05) is 11.8 Å². The zero-order chi connectivity index (χ0) is 20.8. The largest absolute Gasteiger partial charge is 0.345 e. The van der Waals surface area contributed by atoms with Gasteiger partial charge in [0.05, 0.1) is 34.1 Å². The Labute approximate surface area is 177 Å². The van der Waals surface area contributed by atoms with Crippen LogP contribution < -0.4 is 5.32 Å². The van der Waals surface area contributed by atoms with Crippen LogP contribution in [0.4, 0.5) is 4.39 Å². The summed E-state index contributed by atoms with van der Waals surface area (Å²) in [7, 11) is 0. The van der Waals surface area contributed by atoms with Gasteiger partial charge in [0.25, 0.3) is 5.91 Å². The van der Waals surface area contributed by atoms with Crippen LogP contribution in [0.3, 0.4) is 0 Å². The molecule has 1 aliphatic rings. The van der Waals surface area contributed by atoms with Crippen molar-refractivity contribution in [3.05, 3.63) is 88.1 Å². The van der Waals surface area contributed by atoms with E-state index in [2.05, 4.69) is 27.5 Å². The number of aromatic nitrogens is 3. The average Bonchev–Trinajstić information content (AvgIpc) is 3.34. The van der Waals surface area contributed by atoms with Gasteiger partial charge in [-0.1, -0.05) is 41.9 Å². The number of nitrogens with one attached hydrogen (secondary N) is 1. The van der Waals surface area contributed by atoms with Crippen LogP contribution in [0.1, 0.15) is 39.6 Å². The SMILES string of the molecule is Cc1c(C(=O)NC2CCc3ccccc32)cnc2c(-c3c(F)cccc3Cl)cnn12. The molecule has 30 heavy (non-hydrogen) atoms. The average molecular weight is 421 g/mol. The van der Waals surface area contributed by atoms with E-state index in [-0.39, 0.29) is 22.5 Å². The van der Waals surface area contributed by atoms with Gasteiger partial charge in [-0.05, 0) is 43.0 Å². The Kier molecular flexibility index (Phi) is 4.51. The van der Waals surface area contributed by atoms with Gasteiger partial charge in [0.1, 0.15) is 5.82 Å². The molecule has 1 aliphatic carbocycles. The van der Waals surface area contributed by atoms with E-state index in [0.717, 1.165) is 18.4 Å². The molecule has 0 fully saturated rings. The van der Waals surface area contributed by atoms with Gasteiger partial charge in [0.15, 0.2) is 5.65 Å². The van der Waals surface area contributed by atoms with E-state index >= 15 is 0 Å². The van der Waals surface area contributed by atoms with Crippen molar-refractivity contribution in [3.8, 4) is 11.1 Å². The number of halogens is 2. The van der Waals surface area contributed by atoms with Crippen LogP contribution in [0, 0.1) is 12.7 Å². The molecule has 5 rings (SSSR count). The van der Waals surface area contributed by atoms with E-state index in [4.69, 9.17) is 11.6 Å². The fraction of sp³-hybridized carbons (Fsp3) is 0.174. The Morgan fingerprint density at radius 1 is 1.20 bits per heavy atom. The van der Waals surface area contributed by atoms with Crippen LogP contribution >= 0.6 is 11.6 Å². The number of fused-ring (bicyclic) bond motifs is 2. The molecule has 0 radical (unpaired) electrons. The summed E-state index contributed by atoms with van der Waals surface area (Å²) in [4.78, 5) is 17.4. The predicted octanol–water partition coefficient (Wildman–Crippen LogP) is 4.91. The van der Waals surface area contributed by atoms with Crippen LogP contribution in [0.2, 0.25) is 5.02 Å². The van der Waals surface area contributed by atoms with Crippen molar-refractivity contribution >= 4 is 23.2 Å². The van der Waals surface area contributed by atoms with E-state index in [1.807, 2.05) is 12.1 Å². The fourth-order valence-corrected chi connectivity index (χ4v) is 4.41. The van der Waals surface area contributed by atoms with E-state index in [9.17, 15) is 9.18 Å². The third-order valence-corrected chi connectivity index (χ3v) is 6.00. The lowest BCUT2D eigenvalue weighted by molar-refractivity contribution is 0.0935.